The van der Waals surface area contributed by atoms with Gasteiger partial charge in [-0.25, -0.2) is 4.98 Å². The number of hydrogen-bond donors (Lipinski definition) is 3. The molecule has 1 atom stereocenters. The Morgan fingerprint density at radius 1 is 1.14 bits per heavy atom. The summed E-state index contributed by atoms with van der Waals surface area (Å²) in [6.45, 7) is 5.76. The van der Waals surface area contributed by atoms with Gasteiger partial charge in [0.15, 0.2) is 0 Å². The zero-order chi connectivity index (χ0) is 15.4. The summed E-state index contributed by atoms with van der Waals surface area (Å²) in [7, 11) is 0. The standard InChI is InChI=1S/C16H20N2O3/c1-10(2)21-16-14(5-4-8-17-16)18-11(3)13-9-12(19)6-7-15(13)20/h4-11,18-20H,1-3H3. The molecule has 0 radical (unpaired) electrons. The van der Waals surface area contributed by atoms with Crippen molar-refractivity contribution in [2.24, 2.45) is 0 Å². The smallest absolute Gasteiger partial charge is 0.237 e. The molecule has 0 aliphatic rings. The molecular weight excluding hydrogens is 268 g/mol. The second kappa shape index (κ2) is 6.35. The second-order valence-corrected chi connectivity index (χ2v) is 5.13. The molecule has 0 spiro atoms. The van der Waals surface area contributed by atoms with Gasteiger partial charge in [-0.1, -0.05) is 0 Å². The van der Waals surface area contributed by atoms with Gasteiger partial charge in [0.05, 0.1) is 17.8 Å². The van der Waals surface area contributed by atoms with Gasteiger partial charge in [0.25, 0.3) is 0 Å². The van der Waals surface area contributed by atoms with Crippen LogP contribution in [0.4, 0.5) is 5.69 Å². The van der Waals surface area contributed by atoms with Gasteiger partial charge in [-0.2, -0.15) is 0 Å². The van der Waals surface area contributed by atoms with E-state index in [0.29, 0.717) is 11.4 Å². The molecule has 112 valence electrons. The first-order valence-electron chi connectivity index (χ1n) is 6.87. The van der Waals surface area contributed by atoms with Gasteiger partial charge >= 0.3 is 0 Å². The number of pyridine rings is 1. The maximum Gasteiger partial charge on any atom is 0.237 e. The van der Waals surface area contributed by atoms with Crippen LogP contribution in [0.15, 0.2) is 36.5 Å². The summed E-state index contributed by atoms with van der Waals surface area (Å²) in [5.74, 6) is 0.753. The SMILES string of the molecule is CC(C)Oc1ncccc1NC(C)c1cc(O)ccc1O. The van der Waals surface area contributed by atoms with Crippen molar-refractivity contribution < 1.29 is 14.9 Å². The molecule has 0 amide bonds. The predicted molar refractivity (Wildman–Crippen MR) is 81.8 cm³/mol. The number of hydrogen-bond acceptors (Lipinski definition) is 5. The quantitative estimate of drug-likeness (QED) is 0.735. The molecule has 0 saturated carbocycles. The van der Waals surface area contributed by atoms with Crippen molar-refractivity contribution in [3.8, 4) is 17.4 Å². The maximum atomic E-state index is 9.90. The third-order valence-electron chi connectivity index (χ3n) is 2.97. The lowest BCUT2D eigenvalue weighted by Crippen LogP contribution is -2.12. The van der Waals surface area contributed by atoms with E-state index < -0.39 is 0 Å². The molecule has 3 N–H and O–H groups in total. The fourth-order valence-corrected chi connectivity index (χ4v) is 2.02. The molecule has 1 unspecified atom stereocenters. The van der Waals surface area contributed by atoms with E-state index in [0.717, 1.165) is 5.69 Å². The number of aromatic nitrogens is 1. The Hall–Kier alpha value is -2.43. The van der Waals surface area contributed by atoms with Crippen LogP contribution in [-0.4, -0.2) is 21.3 Å². The highest BCUT2D eigenvalue weighted by molar-refractivity contribution is 5.55. The van der Waals surface area contributed by atoms with Crippen molar-refractivity contribution in [2.45, 2.75) is 32.9 Å². The Bertz CT molecular complexity index is 614. The summed E-state index contributed by atoms with van der Waals surface area (Å²) in [6.07, 6.45) is 1.68. The number of benzene rings is 1. The summed E-state index contributed by atoms with van der Waals surface area (Å²) in [6, 6.07) is 7.91. The van der Waals surface area contributed by atoms with E-state index in [1.807, 2.05) is 32.9 Å². The van der Waals surface area contributed by atoms with Crippen LogP contribution in [0.2, 0.25) is 0 Å². The van der Waals surface area contributed by atoms with Crippen LogP contribution < -0.4 is 10.1 Å². The molecule has 5 nitrogen and oxygen atoms in total. The molecule has 0 saturated heterocycles. The average Bonchev–Trinajstić information content (AvgIpc) is 2.43. The molecule has 2 rings (SSSR count). The fraction of sp³-hybridized carbons (Fsp3) is 0.312. The van der Waals surface area contributed by atoms with Gasteiger partial charge in [0, 0.05) is 11.8 Å². The molecule has 0 aliphatic carbocycles. The number of rotatable bonds is 5. The van der Waals surface area contributed by atoms with Crippen molar-refractivity contribution in [1.29, 1.82) is 0 Å². The summed E-state index contributed by atoms with van der Waals surface area (Å²) in [4.78, 5) is 4.21. The van der Waals surface area contributed by atoms with Crippen LogP contribution in [0.25, 0.3) is 0 Å². The van der Waals surface area contributed by atoms with Crippen LogP contribution in [0.5, 0.6) is 17.4 Å². The van der Waals surface area contributed by atoms with E-state index in [2.05, 4.69) is 10.3 Å². The highest BCUT2D eigenvalue weighted by Crippen LogP contribution is 2.32. The van der Waals surface area contributed by atoms with Crippen LogP contribution >= 0.6 is 0 Å². The minimum atomic E-state index is -0.212. The van der Waals surface area contributed by atoms with E-state index >= 15 is 0 Å². The van der Waals surface area contributed by atoms with Gasteiger partial charge < -0.3 is 20.3 Å². The molecule has 21 heavy (non-hydrogen) atoms. The van der Waals surface area contributed by atoms with Gasteiger partial charge in [0.1, 0.15) is 11.5 Å². The Morgan fingerprint density at radius 2 is 1.90 bits per heavy atom. The predicted octanol–water partition coefficient (Wildman–Crippen LogP) is 3.45. The zero-order valence-electron chi connectivity index (χ0n) is 12.4. The Morgan fingerprint density at radius 3 is 2.62 bits per heavy atom. The normalized spacial score (nSPS) is 12.2. The molecular formula is C16H20N2O3. The van der Waals surface area contributed by atoms with Crippen molar-refractivity contribution in [2.75, 3.05) is 5.32 Å². The topological polar surface area (TPSA) is 74.6 Å². The number of nitrogens with zero attached hydrogens (tertiary/aromatic N) is 1. The fourth-order valence-electron chi connectivity index (χ4n) is 2.02. The minimum absolute atomic E-state index is 0.0185. The lowest BCUT2D eigenvalue weighted by Gasteiger charge is -2.19. The van der Waals surface area contributed by atoms with Gasteiger partial charge in [-0.05, 0) is 51.1 Å². The van der Waals surface area contributed by atoms with Crippen LogP contribution in [0.1, 0.15) is 32.4 Å². The lowest BCUT2D eigenvalue weighted by molar-refractivity contribution is 0.234. The number of phenolic OH excluding ortho intramolecular Hbond substituents is 2. The molecule has 1 aromatic heterocycles. The van der Waals surface area contributed by atoms with Gasteiger partial charge in [-0.3, -0.25) is 0 Å². The average molecular weight is 288 g/mol. The molecule has 0 bridgehead atoms. The van der Waals surface area contributed by atoms with E-state index in [1.54, 1.807) is 6.20 Å². The maximum absolute atomic E-state index is 9.90. The number of ether oxygens (including phenoxy) is 1. The molecule has 0 fully saturated rings. The molecule has 0 aliphatic heterocycles. The molecule has 1 heterocycles. The number of aromatic hydroxyl groups is 2. The number of anilines is 1. The highest BCUT2D eigenvalue weighted by atomic mass is 16.5. The van der Waals surface area contributed by atoms with E-state index in [4.69, 9.17) is 4.74 Å². The molecule has 1 aromatic carbocycles. The summed E-state index contributed by atoms with van der Waals surface area (Å²) >= 11 is 0. The van der Waals surface area contributed by atoms with Gasteiger partial charge in [0.2, 0.25) is 5.88 Å². The van der Waals surface area contributed by atoms with Crippen LogP contribution in [0, 0.1) is 0 Å². The Balaban J connectivity index is 2.23. The zero-order valence-corrected chi connectivity index (χ0v) is 12.4. The van der Waals surface area contributed by atoms with E-state index in [-0.39, 0.29) is 23.6 Å². The van der Waals surface area contributed by atoms with Gasteiger partial charge in [-0.15, -0.1) is 0 Å². The molecule has 5 heteroatoms. The number of nitrogens with one attached hydrogen (secondary N) is 1. The summed E-state index contributed by atoms with van der Waals surface area (Å²) in [5.41, 5.74) is 1.34. The first kappa shape index (κ1) is 15.0. The van der Waals surface area contributed by atoms with Crippen molar-refractivity contribution >= 4 is 5.69 Å². The van der Waals surface area contributed by atoms with E-state index in [9.17, 15) is 10.2 Å². The Kier molecular flexibility index (Phi) is 4.52. The number of phenols is 2. The highest BCUT2D eigenvalue weighted by Gasteiger charge is 2.14. The van der Waals surface area contributed by atoms with Crippen molar-refractivity contribution in [3.05, 3.63) is 42.1 Å². The van der Waals surface area contributed by atoms with Crippen LogP contribution in [-0.2, 0) is 0 Å². The largest absolute Gasteiger partial charge is 0.508 e. The Labute approximate surface area is 124 Å². The monoisotopic (exact) mass is 288 g/mol. The molecule has 2 aromatic rings. The second-order valence-electron chi connectivity index (χ2n) is 5.13. The summed E-state index contributed by atoms with van der Waals surface area (Å²) < 4.78 is 5.65. The third-order valence-corrected chi connectivity index (χ3v) is 2.97. The third kappa shape index (κ3) is 3.78. The van der Waals surface area contributed by atoms with Crippen molar-refractivity contribution in [3.63, 3.8) is 0 Å². The van der Waals surface area contributed by atoms with Crippen LogP contribution in [0.3, 0.4) is 0 Å². The lowest BCUT2D eigenvalue weighted by atomic mass is 10.1. The van der Waals surface area contributed by atoms with E-state index in [1.165, 1.54) is 18.2 Å². The minimum Gasteiger partial charge on any atom is -0.508 e. The first-order valence-corrected chi connectivity index (χ1v) is 6.87. The van der Waals surface area contributed by atoms with Crippen molar-refractivity contribution in [1.82, 2.24) is 4.98 Å². The summed E-state index contributed by atoms with van der Waals surface area (Å²) in [5, 5.41) is 22.7. The first-order chi connectivity index (χ1) is 9.97.